The summed E-state index contributed by atoms with van der Waals surface area (Å²) >= 11 is 0. The van der Waals surface area contributed by atoms with E-state index in [9.17, 15) is 4.79 Å². The Morgan fingerprint density at radius 2 is 2.13 bits per heavy atom. The molecule has 1 aliphatic carbocycles. The van der Waals surface area contributed by atoms with Crippen LogP contribution < -0.4 is 5.32 Å². The van der Waals surface area contributed by atoms with Crippen LogP contribution in [0.25, 0.3) is 5.82 Å². The Labute approximate surface area is 137 Å². The van der Waals surface area contributed by atoms with E-state index in [1.54, 1.807) is 18.7 Å². The van der Waals surface area contributed by atoms with Gasteiger partial charge in [-0.15, -0.1) is 0 Å². The minimum atomic E-state index is 0.0815. The van der Waals surface area contributed by atoms with E-state index in [0.717, 1.165) is 23.8 Å². The van der Waals surface area contributed by atoms with E-state index in [0.29, 0.717) is 6.42 Å². The molecule has 0 bridgehead atoms. The molecule has 0 aliphatic heterocycles. The average Bonchev–Trinajstić information content (AvgIpc) is 3.11. The lowest BCUT2D eigenvalue weighted by Gasteiger charge is -2.21. The molecule has 0 spiro atoms. The zero-order valence-electron chi connectivity index (χ0n) is 13.4. The molecule has 2 aromatic heterocycles. The SMILES string of the molecule is O=C(CCCC1CCCCC1)Nc1ccc(-n2ccnc2)nc1. The van der Waals surface area contributed by atoms with Crippen molar-refractivity contribution >= 4 is 11.6 Å². The Balaban J connectivity index is 1.42. The van der Waals surface area contributed by atoms with Gasteiger partial charge in [0.15, 0.2) is 0 Å². The van der Waals surface area contributed by atoms with E-state index in [4.69, 9.17) is 0 Å². The molecule has 1 amide bonds. The summed E-state index contributed by atoms with van der Waals surface area (Å²) in [6.45, 7) is 0. The molecule has 0 aromatic carbocycles. The van der Waals surface area contributed by atoms with Crippen LogP contribution in [0.5, 0.6) is 0 Å². The van der Waals surface area contributed by atoms with Crippen molar-refractivity contribution in [3.05, 3.63) is 37.1 Å². The predicted molar refractivity (Wildman–Crippen MR) is 90.4 cm³/mol. The number of carbonyl (C=O) groups excluding carboxylic acids is 1. The number of aromatic nitrogens is 3. The number of amides is 1. The van der Waals surface area contributed by atoms with E-state index in [1.807, 2.05) is 22.9 Å². The van der Waals surface area contributed by atoms with Gasteiger partial charge in [-0.2, -0.15) is 0 Å². The number of anilines is 1. The minimum Gasteiger partial charge on any atom is -0.325 e. The molecule has 0 radical (unpaired) electrons. The van der Waals surface area contributed by atoms with Crippen LogP contribution in [0, 0.1) is 5.92 Å². The first-order chi connectivity index (χ1) is 11.3. The van der Waals surface area contributed by atoms with Crippen molar-refractivity contribution in [2.24, 2.45) is 5.92 Å². The maximum atomic E-state index is 12.0. The Morgan fingerprint density at radius 3 is 2.83 bits per heavy atom. The van der Waals surface area contributed by atoms with Crippen molar-refractivity contribution in [3.8, 4) is 5.82 Å². The third-order valence-electron chi connectivity index (χ3n) is 4.54. The van der Waals surface area contributed by atoms with Gasteiger partial charge in [-0.1, -0.05) is 32.1 Å². The van der Waals surface area contributed by atoms with E-state index in [2.05, 4.69) is 15.3 Å². The summed E-state index contributed by atoms with van der Waals surface area (Å²) in [6.07, 6.45) is 16.5. The predicted octanol–water partition coefficient (Wildman–Crippen LogP) is 3.96. The number of hydrogen-bond acceptors (Lipinski definition) is 3. The highest BCUT2D eigenvalue weighted by molar-refractivity contribution is 5.90. The number of imidazole rings is 1. The lowest BCUT2D eigenvalue weighted by atomic mass is 9.86. The highest BCUT2D eigenvalue weighted by Gasteiger charge is 2.13. The molecule has 2 aromatic rings. The van der Waals surface area contributed by atoms with Crippen molar-refractivity contribution in [1.29, 1.82) is 0 Å². The largest absolute Gasteiger partial charge is 0.325 e. The molecular formula is C18H24N4O. The van der Waals surface area contributed by atoms with Crippen molar-refractivity contribution < 1.29 is 4.79 Å². The van der Waals surface area contributed by atoms with E-state index < -0.39 is 0 Å². The molecule has 5 nitrogen and oxygen atoms in total. The van der Waals surface area contributed by atoms with E-state index in [1.165, 1.54) is 38.5 Å². The third-order valence-corrected chi connectivity index (χ3v) is 4.54. The fraction of sp³-hybridized carbons (Fsp3) is 0.500. The highest BCUT2D eigenvalue weighted by Crippen LogP contribution is 2.27. The smallest absolute Gasteiger partial charge is 0.224 e. The first-order valence-corrected chi connectivity index (χ1v) is 8.55. The van der Waals surface area contributed by atoms with Gasteiger partial charge in [0.1, 0.15) is 12.1 Å². The van der Waals surface area contributed by atoms with Crippen LogP contribution in [0.15, 0.2) is 37.1 Å². The van der Waals surface area contributed by atoms with Crippen molar-refractivity contribution in [1.82, 2.24) is 14.5 Å². The Bertz CT molecular complexity index is 600. The first-order valence-electron chi connectivity index (χ1n) is 8.55. The van der Waals surface area contributed by atoms with Gasteiger partial charge in [0.2, 0.25) is 5.91 Å². The average molecular weight is 312 g/mol. The molecule has 122 valence electrons. The summed E-state index contributed by atoms with van der Waals surface area (Å²) in [5.74, 6) is 1.71. The fourth-order valence-electron chi connectivity index (χ4n) is 3.26. The number of hydrogen-bond donors (Lipinski definition) is 1. The maximum absolute atomic E-state index is 12.0. The molecule has 3 rings (SSSR count). The monoisotopic (exact) mass is 312 g/mol. The maximum Gasteiger partial charge on any atom is 0.224 e. The van der Waals surface area contributed by atoms with Gasteiger partial charge in [-0.05, 0) is 30.9 Å². The molecule has 5 heteroatoms. The van der Waals surface area contributed by atoms with Crippen molar-refractivity contribution in [2.45, 2.75) is 51.4 Å². The van der Waals surface area contributed by atoms with E-state index >= 15 is 0 Å². The molecule has 0 atom stereocenters. The Kier molecular flexibility index (Phi) is 5.40. The topological polar surface area (TPSA) is 59.8 Å². The van der Waals surface area contributed by atoms with Gasteiger partial charge in [-0.3, -0.25) is 9.36 Å². The number of pyridine rings is 1. The summed E-state index contributed by atoms with van der Waals surface area (Å²) in [5, 5.41) is 2.93. The second-order valence-corrected chi connectivity index (χ2v) is 6.32. The quantitative estimate of drug-likeness (QED) is 0.878. The summed E-state index contributed by atoms with van der Waals surface area (Å²) in [6, 6.07) is 3.75. The second kappa shape index (κ2) is 7.90. The van der Waals surface area contributed by atoms with Crippen LogP contribution in [-0.2, 0) is 4.79 Å². The standard InChI is InChI=1S/C18H24N4O/c23-18(8-4-7-15-5-2-1-3-6-15)21-16-9-10-17(20-13-16)22-12-11-19-14-22/h9-15H,1-8H2,(H,21,23). The molecule has 0 saturated heterocycles. The summed E-state index contributed by atoms with van der Waals surface area (Å²) in [7, 11) is 0. The minimum absolute atomic E-state index is 0.0815. The molecule has 0 unspecified atom stereocenters. The van der Waals surface area contributed by atoms with E-state index in [-0.39, 0.29) is 5.91 Å². The summed E-state index contributed by atoms with van der Waals surface area (Å²) in [5.41, 5.74) is 0.747. The van der Waals surface area contributed by atoms with Crippen LogP contribution >= 0.6 is 0 Å². The fourth-order valence-corrected chi connectivity index (χ4v) is 3.26. The van der Waals surface area contributed by atoms with Crippen LogP contribution in [0.2, 0.25) is 0 Å². The van der Waals surface area contributed by atoms with Crippen molar-refractivity contribution in [3.63, 3.8) is 0 Å². The van der Waals surface area contributed by atoms with Gasteiger partial charge in [0, 0.05) is 18.8 Å². The molecule has 1 aliphatic rings. The van der Waals surface area contributed by atoms with Gasteiger partial charge in [-0.25, -0.2) is 9.97 Å². The molecular weight excluding hydrogens is 288 g/mol. The first kappa shape index (κ1) is 15.7. The zero-order chi connectivity index (χ0) is 15.9. The Hall–Kier alpha value is -2.17. The number of carbonyl (C=O) groups is 1. The van der Waals surface area contributed by atoms with Gasteiger partial charge in [0.25, 0.3) is 0 Å². The van der Waals surface area contributed by atoms with Crippen LogP contribution in [-0.4, -0.2) is 20.4 Å². The third kappa shape index (κ3) is 4.65. The van der Waals surface area contributed by atoms with Crippen LogP contribution in [0.1, 0.15) is 51.4 Å². The molecule has 23 heavy (non-hydrogen) atoms. The number of nitrogens with zero attached hydrogens (tertiary/aromatic N) is 3. The lowest BCUT2D eigenvalue weighted by molar-refractivity contribution is -0.116. The van der Waals surface area contributed by atoms with Crippen molar-refractivity contribution in [2.75, 3.05) is 5.32 Å². The van der Waals surface area contributed by atoms with Crippen LogP contribution in [0.4, 0.5) is 5.69 Å². The zero-order valence-corrected chi connectivity index (χ0v) is 13.4. The summed E-state index contributed by atoms with van der Waals surface area (Å²) in [4.78, 5) is 20.3. The molecule has 2 heterocycles. The molecule has 1 N–H and O–H groups in total. The van der Waals surface area contributed by atoms with Crippen LogP contribution in [0.3, 0.4) is 0 Å². The Morgan fingerprint density at radius 1 is 1.26 bits per heavy atom. The highest BCUT2D eigenvalue weighted by atomic mass is 16.1. The van der Waals surface area contributed by atoms with Gasteiger partial charge < -0.3 is 5.32 Å². The van der Waals surface area contributed by atoms with Gasteiger partial charge in [0.05, 0.1) is 11.9 Å². The normalized spacial score (nSPS) is 15.5. The lowest BCUT2D eigenvalue weighted by Crippen LogP contribution is -2.13. The summed E-state index contributed by atoms with van der Waals surface area (Å²) < 4.78 is 1.83. The number of rotatable bonds is 6. The second-order valence-electron chi connectivity index (χ2n) is 6.32. The van der Waals surface area contributed by atoms with Gasteiger partial charge >= 0.3 is 0 Å². The molecule has 1 fully saturated rings. The number of nitrogens with one attached hydrogen (secondary N) is 1. The molecule has 1 saturated carbocycles.